The number of hydrogen-bond donors (Lipinski definition) is 2. The SMILES string of the molecule is C[C@H](S)c1nc2cc(Cl)c(Cl)cc2[nH]1. The van der Waals surface area contributed by atoms with Gasteiger partial charge in [0.25, 0.3) is 0 Å². The molecule has 0 aliphatic heterocycles. The highest BCUT2D eigenvalue weighted by molar-refractivity contribution is 7.80. The summed E-state index contributed by atoms with van der Waals surface area (Å²) in [5.74, 6) is 0.821. The summed E-state index contributed by atoms with van der Waals surface area (Å²) in [5.41, 5.74) is 1.70. The van der Waals surface area contributed by atoms with Crippen LogP contribution in [-0.2, 0) is 0 Å². The lowest BCUT2D eigenvalue weighted by molar-refractivity contribution is 0.981. The van der Waals surface area contributed by atoms with Gasteiger partial charge in [-0.15, -0.1) is 0 Å². The number of H-pyrrole nitrogens is 1. The highest BCUT2D eigenvalue weighted by atomic mass is 35.5. The molecule has 5 heteroatoms. The van der Waals surface area contributed by atoms with E-state index in [0.717, 1.165) is 16.9 Å². The molecule has 0 bridgehead atoms. The molecule has 0 aliphatic rings. The van der Waals surface area contributed by atoms with Crippen molar-refractivity contribution in [2.45, 2.75) is 12.2 Å². The predicted octanol–water partition coefficient (Wildman–Crippen LogP) is 3.86. The fraction of sp³-hybridized carbons (Fsp3) is 0.222. The van der Waals surface area contributed by atoms with Crippen LogP contribution in [0.3, 0.4) is 0 Å². The maximum Gasteiger partial charge on any atom is 0.119 e. The van der Waals surface area contributed by atoms with Gasteiger partial charge >= 0.3 is 0 Å². The lowest BCUT2D eigenvalue weighted by Gasteiger charge is -1.95. The molecule has 2 aromatic rings. The standard InChI is InChI=1S/C9H8Cl2N2S/c1-4(14)9-12-7-2-5(10)6(11)3-8(7)13-9/h2-4,14H,1H3,(H,12,13)/t4-/m0/s1. The molecular formula is C9H8Cl2N2S. The van der Waals surface area contributed by atoms with Crippen molar-refractivity contribution < 1.29 is 0 Å². The molecule has 0 fully saturated rings. The Morgan fingerprint density at radius 3 is 2.64 bits per heavy atom. The second-order valence-electron chi connectivity index (χ2n) is 3.08. The zero-order valence-electron chi connectivity index (χ0n) is 7.38. The molecule has 2 nitrogen and oxygen atoms in total. The number of benzene rings is 1. The lowest BCUT2D eigenvalue weighted by Crippen LogP contribution is -1.85. The van der Waals surface area contributed by atoms with E-state index in [1.807, 2.05) is 6.92 Å². The summed E-state index contributed by atoms with van der Waals surface area (Å²) >= 11 is 16.0. The van der Waals surface area contributed by atoms with Crippen molar-refractivity contribution in [3.8, 4) is 0 Å². The van der Waals surface area contributed by atoms with Gasteiger partial charge in [0.15, 0.2) is 0 Å². The molecule has 0 unspecified atom stereocenters. The van der Waals surface area contributed by atoms with E-state index in [1.54, 1.807) is 12.1 Å². The molecule has 74 valence electrons. The number of nitrogens with one attached hydrogen (secondary N) is 1. The Bertz CT molecular complexity index is 440. The lowest BCUT2D eigenvalue weighted by atomic mass is 10.3. The second kappa shape index (κ2) is 3.65. The highest BCUT2D eigenvalue weighted by Crippen LogP contribution is 2.28. The van der Waals surface area contributed by atoms with Gasteiger partial charge in [-0.2, -0.15) is 12.6 Å². The molecular weight excluding hydrogens is 239 g/mol. The molecule has 1 aromatic carbocycles. The number of fused-ring (bicyclic) bond motifs is 1. The van der Waals surface area contributed by atoms with Gasteiger partial charge in [-0.3, -0.25) is 0 Å². The third kappa shape index (κ3) is 1.72. The van der Waals surface area contributed by atoms with Crippen molar-refractivity contribution >= 4 is 46.9 Å². The van der Waals surface area contributed by atoms with Gasteiger partial charge in [-0.1, -0.05) is 23.2 Å². The monoisotopic (exact) mass is 246 g/mol. The number of halogens is 2. The van der Waals surface area contributed by atoms with Gasteiger partial charge < -0.3 is 4.98 Å². The van der Waals surface area contributed by atoms with Crippen LogP contribution in [0.15, 0.2) is 12.1 Å². The van der Waals surface area contributed by atoms with Crippen LogP contribution < -0.4 is 0 Å². The maximum atomic E-state index is 5.88. The van der Waals surface area contributed by atoms with Gasteiger partial charge in [0.1, 0.15) is 5.82 Å². The number of imidazole rings is 1. The molecule has 0 radical (unpaired) electrons. The Morgan fingerprint density at radius 2 is 2.00 bits per heavy atom. The van der Waals surface area contributed by atoms with E-state index in [4.69, 9.17) is 23.2 Å². The summed E-state index contributed by atoms with van der Waals surface area (Å²) in [7, 11) is 0. The number of aromatic amines is 1. The molecule has 14 heavy (non-hydrogen) atoms. The van der Waals surface area contributed by atoms with Crippen LogP contribution >= 0.6 is 35.8 Å². The Labute approximate surface area is 97.0 Å². The zero-order chi connectivity index (χ0) is 10.3. The number of nitrogens with zero attached hydrogens (tertiary/aromatic N) is 1. The summed E-state index contributed by atoms with van der Waals surface area (Å²) < 4.78 is 0. The van der Waals surface area contributed by atoms with Crippen molar-refractivity contribution in [3.05, 3.63) is 28.0 Å². The highest BCUT2D eigenvalue weighted by Gasteiger charge is 2.08. The van der Waals surface area contributed by atoms with Gasteiger partial charge in [0.05, 0.1) is 26.3 Å². The van der Waals surface area contributed by atoms with Gasteiger partial charge in [0.2, 0.25) is 0 Å². The van der Waals surface area contributed by atoms with Crippen molar-refractivity contribution in [3.63, 3.8) is 0 Å². The summed E-state index contributed by atoms with van der Waals surface area (Å²) in [6, 6.07) is 3.52. The minimum atomic E-state index is 0.0694. The van der Waals surface area contributed by atoms with Crippen LogP contribution in [-0.4, -0.2) is 9.97 Å². The van der Waals surface area contributed by atoms with Gasteiger partial charge in [0, 0.05) is 0 Å². The fourth-order valence-corrected chi connectivity index (χ4v) is 1.67. The quantitative estimate of drug-likeness (QED) is 0.736. The van der Waals surface area contributed by atoms with E-state index >= 15 is 0 Å². The number of thiol groups is 1. The summed E-state index contributed by atoms with van der Waals surface area (Å²) in [4.78, 5) is 7.47. The third-order valence-corrected chi connectivity index (χ3v) is 2.90. The minimum absolute atomic E-state index is 0.0694. The molecule has 1 N–H and O–H groups in total. The summed E-state index contributed by atoms with van der Waals surface area (Å²) in [6.45, 7) is 1.95. The molecule has 2 rings (SSSR count). The van der Waals surface area contributed by atoms with Crippen LogP contribution in [0.2, 0.25) is 10.0 Å². The molecule has 1 heterocycles. The van der Waals surface area contributed by atoms with E-state index < -0.39 is 0 Å². The molecule has 0 spiro atoms. The van der Waals surface area contributed by atoms with E-state index in [-0.39, 0.29) is 5.25 Å². The Hall–Kier alpha value is -0.380. The molecule has 0 aliphatic carbocycles. The first-order chi connectivity index (χ1) is 6.58. The summed E-state index contributed by atoms with van der Waals surface area (Å²) in [6.07, 6.45) is 0. The van der Waals surface area contributed by atoms with Crippen molar-refractivity contribution in [1.82, 2.24) is 9.97 Å². The average Bonchev–Trinajstić information content (AvgIpc) is 2.48. The van der Waals surface area contributed by atoms with E-state index in [1.165, 1.54) is 0 Å². The molecule has 1 aromatic heterocycles. The number of aromatic nitrogens is 2. The van der Waals surface area contributed by atoms with Crippen LogP contribution in [0.5, 0.6) is 0 Å². The first kappa shape index (κ1) is 10.1. The van der Waals surface area contributed by atoms with Crippen molar-refractivity contribution in [1.29, 1.82) is 0 Å². The average molecular weight is 247 g/mol. The first-order valence-corrected chi connectivity index (χ1v) is 5.38. The zero-order valence-corrected chi connectivity index (χ0v) is 9.79. The Balaban J connectivity index is 2.66. The van der Waals surface area contributed by atoms with Gasteiger partial charge in [-0.25, -0.2) is 4.98 Å². The topological polar surface area (TPSA) is 28.7 Å². The van der Waals surface area contributed by atoms with Crippen LogP contribution in [0.25, 0.3) is 11.0 Å². The Morgan fingerprint density at radius 1 is 1.36 bits per heavy atom. The minimum Gasteiger partial charge on any atom is -0.341 e. The maximum absolute atomic E-state index is 5.88. The predicted molar refractivity (Wildman–Crippen MR) is 63.5 cm³/mol. The van der Waals surface area contributed by atoms with E-state index in [2.05, 4.69) is 22.6 Å². The number of rotatable bonds is 1. The third-order valence-electron chi connectivity index (χ3n) is 1.94. The van der Waals surface area contributed by atoms with E-state index in [0.29, 0.717) is 10.0 Å². The van der Waals surface area contributed by atoms with Gasteiger partial charge in [-0.05, 0) is 19.1 Å². The number of hydrogen-bond acceptors (Lipinski definition) is 2. The second-order valence-corrected chi connectivity index (χ2v) is 4.67. The van der Waals surface area contributed by atoms with Crippen LogP contribution in [0.1, 0.15) is 18.0 Å². The van der Waals surface area contributed by atoms with Crippen molar-refractivity contribution in [2.75, 3.05) is 0 Å². The fourth-order valence-electron chi connectivity index (χ4n) is 1.22. The largest absolute Gasteiger partial charge is 0.341 e. The van der Waals surface area contributed by atoms with E-state index in [9.17, 15) is 0 Å². The first-order valence-electron chi connectivity index (χ1n) is 4.10. The molecule has 0 amide bonds. The summed E-state index contributed by atoms with van der Waals surface area (Å²) in [5, 5.41) is 1.12. The van der Waals surface area contributed by atoms with Crippen LogP contribution in [0.4, 0.5) is 0 Å². The normalized spacial score (nSPS) is 13.4. The molecule has 1 atom stereocenters. The molecule has 0 saturated heterocycles. The molecule has 0 saturated carbocycles. The smallest absolute Gasteiger partial charge is 0.119 e. The van der Waals surface area contributed by atoms with Crippen molar-refractivity contribution in [2.24, 2.45) is 0 Å². The van der Waals surface area contributed by atoms with Crippen LogP contribution in [0, 0.1) is 0 Å². The Kier molecular flexibility index (Phi) is 2.64.